The summed E-state index contributed by atoms with van der Waals surface area (Å²) in [5, 5.41) is 18.8. The molecule has 4 nitrogen and oxygen atoms in total. The lowest BCUT2D eigenvalue weighted by Gasteiger charge is -1.99. The zero-order valence-electron chi connectivity index (χ0n) is 9.75. The third kappa shape index (κ3) is 2.79. The van der Waals surface area contributed by atoms with Crippen LogP contribution >= 0.6 is 0 Å². The number of aromatic hydroxyl groups is 2. The van der Waals surface area contributed by atoms with Gasteiger partial charge < -0.3 is 14.6 Å². The first-order valence-corrected chi connectivity index (χ1v) is 5.36. The van der Waals surface area contributed by atoms with Gasteiger partial charge in [-0.15, -0.1) is 0 Å². The Bertz CT molecular complexity index is 653. The van der Waals surface area contributed by atoms with Gasteiger partial charge in [-0.1, -0.05) is 18.2 Å². The van der Waals surface area contributed by atoms with Crippen molar-refractivity contribution >= 4 is 12.2 Å². The molecule has 1 heterocycles. The molecule has 0 saturated heterocycles. The van der Waals surface area contributed by atoms with Gasteiger partial charge in [0.1, 0.15) is 17.3 Å². The Balaban J connectivity index is 2.29. The average Bonchev–Trinajstić information content (AvgIpc) is 2.29. The van der Waals surface area contributed by atoms with Gasteiger partial charge in [-0.2, -0.15) is 0 Å². The van der Waals surface area contributed by atoms with E-state index >= 15 is 0 Å². The fourth-order valence-corrected chi connectivity index (χ4v) is 1.47. The Morgan fingerprint density at radius 3 is 2.56 bits per heavy atom. The summed E-state index contributed by atoms with van der Waals surface area (Å²) in [5.74, 6) is 0.312. The van der Waals surface area contributed by atoms with Crippen molar-refractivity contribution in [2.75, 3.05) is 0 Å². The van der Waals surface area contributed by atoms with E-state index in [1.54, 1.807) is 31.2 Å². The standard InChI is InChI=1S/C14H12O4/c1-9-2-3-10(6-13(9)16)4-5-12-7-11(15)8-14(17)18-12/h2-8,15-16H,1H3/b5-4+. The van der Waals surface area contributed by atoms with Crippen molar-refractivity contribution in [3.63, 3.8) is 0 Å². The molecule has 4 heteroatoms. The summed E-state index contributed by atoms with van der Waals surface area (Å²) >= 11 is 0. The normalized spacial score (nSPS) is 10.9. The van der Waals surface area contributed by atoms with Crippen LogP contribution in [0.1, 0.15) is 16.9 Å². The van der Waals surface area contributed by atoms with Crippen molar-refractivity contribution in [3.8, 4) is 11.5 Å². The fourth-order valence-electron chi connectivity index (χ4n) is 1.47. The van der Waals surface area contributed by atoms with E-state index in [0.717, 1.165) is 17.2 Å². The second-order valence-corrected chi connectivity index (χ2v) is 3.92. The molecular weight excluding hydrogens is 232 g/mol. The van der Waals surface area contributed by atoms with Gasteiger partial charge in [0.15, 0.2) is 0 Å². The molecule has 92 valence electrons. The molecule has 0 bridgehead atoms. The monoisotopic (exact) mass is 244 g/mol. The second-order valence-electron chi connectivity index (χ2n) is 3.92. The highest BCUT2D eigenvalue weighted by molar-refractivity contribution is 5.68. The Morgan fingerprint density at radius 1 is 1.11 bits per heavy atom. The molecule has 0 aliphatic heterocycles. The van der Waals surface area contributed by atoms with E-state index < -0.39 is 5.63 Å². The summed E-state index contributed by atoms with van der Waals surface area (Å²) < 4.78 is 4.87. The number of benzene rings is 1. The van der Waals surface area contributed by atoms with Crippen LogP contribution < -0.4 is 5.63 Å². The maximum absolute atomic E-state index is 11.0. The fraction of sp³-hybridized carbons (Fsp3) is 0.0714. The first kappa shape index (κ1) is 12.0. The average molecular weight is 244 g/mol. The van der Waals surface area contributed by atoms with Crippen LogP contribution in [0.2, 0.25) is 0 Å². The second kappa shape index (κ2) is 4.79. The topological polar surface area (TPSA) is 70.7 Å². The number of hydrogen-bond donors (Lipinski definition) is 2. The lowest BCUT2D eigenvalue weighted by atomic mass is 10.1. The predicted molar refractivity (Wildman–Crippen MR) is 68.4 cm³/mol. The number of rotatable bonds is 2. The quantitative estimate of drug-likeness (QED) is 0.851. The Kier molecular flexibility index (Phi) is 3.19. The summed E-state index contributed by atoms with van der Waals surface area (Å²) in [5.41, 5.74) is 0.946. The van der Waals surface area contributed by atoms with Gasteiger partial charge >= 0.3 is 5.63 Å². The number of phenols is 1. The molecule has 0 spiro atoms. The van der Waals surface area contributed by atoms with Crippen molar-refractivity contribution < 1.29 is 14.6 Å². The van der Waals surface area contributed by atoms with E-state index in [1.165, 1.54) is 6.07 Å². The van der Waals surface area contributed by atoms with Gasteiger partial charge in [0.2, 0.25) is 0 Å². The van der Waals surface area contributed by atoms with Crippen LogP contribution in [0.4, 0.5) is 0 Å². The first-order valence-electron chi connectivity index (χ1n) is 5.36. The Morgan fingerprint density at radius 2 is 1.89 bits per heavy atom. The van der Waals surface area contributed by atoms with Crippen molar-refractivity contribution in [2.24, 2.45) is 0 Å². The Hall–Kier alpha value is -2.49. The van der Waals surface area contributed by atoms with E-state index in [0.29, 0.717) is 0 Å². The van der Waals surface area contributed by atoms with Gasteiger partial charge in [0.25, 0.3) is 0 Å². The van der Waals surface area contributed by atoms with Crippen LogP contribution in [0.15, 0.2) is 39.5 Å². The van der Waals surface area contributed by atoms with E-state index in [9.17, 15) is 15.0 Å². The molecule has 18 heavy (non-hydrogen) atoms. The minimum atomic E-state index is -0.610. The van der Waals surface area contributed by atoms with Crippen LogP contribution in [-0.2, 0) is 0 Å². The SMILES string of the molecule is Cc1ccc(/C=C/c2cc(O)cc(=O)o2)cc1O. The van der Waals surface area contributed by atoms with Crippen molar-refractivity contribution in [1.29, 1.82) is 0 Å². The molecule has 0 radical (unpaired) electrons. The number of hydrogen-bond acceptors (Lipinski definition) is 4. The summed E-state index contributed by atoms with van der Waals surface area (Å²) in [6.45, 7) is 1.80. The van der Waals surface area contributed by atoms with E-state index in [-0.39, 0.29) is 17.3 Å². The van der Waals surface area contributed by atoms with Gasteiger partial charge in [0, 0.05) is 6.07 Å². The zero-order chi connectivity index (χ0) is 13.1. The maximum Gasteiger partial charge on any atom is 0.339 e. The molecule has 1 aromatic heterocycles. The maximum atomic E-state index is 11.0. The third-order valence-corrected chi connectivity index (χ3v) is 2.45. The van der Waals surface area contributed by atoms with E-state index in [1.807, 2.05) is 6.07 Å². The molecule has 0 aliphatic rings. The third-order valence-electron chi connectivity index (χ3n) is 2.45. The molecule has 0 fully saturated rings. The molecule has 0 amide bonds. The molecule has 2 rings (SSSR count). The molecule has 2 aromatic rings. The molecule has 0 unspecified atom stereocenters. The summed E-state index contributed by atoms with van der Waals surface area (Å²) in [6, 6.07) is 7.55. The zero-order valence-corrected chi connectivity index (χ0v) is 9.75. The lowest BCUT2D eigenvalue weighted by molar-refractivity contribution is 0.444. The molecule has 2 N–H and O–H groups in total. The highest BCUT2D eigenvalue weighted by Gasteiger charge is 1.98. The van der Waals surface area contributed by atoms with Crippen LogP contribution in [-0.4, -0.2) is 10.2 Å². The van der Waals surface area contributed by atoms with Gasteiger partial charge in [-0.05, 0) is 30.2 Å². The van der Waals surface area contributed by atoms with Crippen LogP contribution in [0.3, 0.4) is 0 Å². The van der Waals surface area contributed by atoms with E-state index in [4.69, 9.17) is 4.42 Å². The minimum Gasteiger partial charge on any atom is -0.508 e. The first-order chi connectivity index (χ1) is 8.54. The summed E-state index contributed by atoms with van der Waals surface area (Å²) in [4.78, 5) is 11.0. The molecular formula is C14H12O4. The van der Waals surface area contributed by atoms with Gasteiger partial charge in [-0.25, -0.2) is 4.79 Å². The molecule has 1 aromatic carbocycles. The van der Waals surface area contributed by atoms with Crippen molar-refractivity contribution in [2.45, 2.75) is 6.92 Å². The molecule has 0 saturated carbocycles. The van der Waals surface area contributed by atoms with E-state index in [2.05, 4.69) is 0 Å². The highest BCUT2D eigenvalue weighted by Crippen LogP contribution is 2.19. The van der Waals surface area contributed by atoms with Gasteiger partial charge in [0.05, 0.1) is 6.07 Å². The van der Waals surface area contributed by atoms with Crippen molar-refractivity contribution in [3.05, 3.63) is 57.6 Å². The molecule has 0 aliphatic carbocycles. The smallest absolute Gasteiger partial charge is 0.339 e. The largest absolute Gasteiger partial charge is 0.508 e. The summed E-state index contributed by atoms with van der Waals surface area (Å²) in [7, 11) is 0. The van der Waals surface area contributed by atoms with Gasteiger partial charge in [-0.3, -0.25) is 0 Å². The Labute approximate surface area is 103 Å². The predicted octanol–water partition coefficient (Wildman–Crippen LogP) is 2.53. The van der Waals surface area contributed by atoms with Crippen LogP contribution in [0, 0.1) is 6.92 Å². The minimum absolute atomic E-state index is 0.141. The van der Waals surface area contributed by atoms with Crippen LogP contribution in [0.25, 0.3) is 12.2 Å². The van der Waals surface area contributed by atoms with Crippen molar-refractivity contribution in [1.82, 2.24) is 0 Å². The summed E-state index contributed by atoms with van der Waals surface area (Å²) in [6.07, 6.45) is 3.22. The number of phenolic OH excluding ortho intramolecular Hbond substituents is 1. The molecule has 0 atom stereocenters. The number of aryl methyl sites for hydroxylation is 1. The lowest BCUT2D eigenvalue weighted by Crippen LogP contribution is -1.95. The van der Waals surface area contributed by atoms with Crippen LogP contribution in [0.5, 0.6) is 11.5 Å². The highest BCUT2D eigenvalue weighted by atomic mass is 16.4.